The lowest BCUT2D eigenvalue weighted by Gasteiger charge is -2.26. The summed E-state index contributed by atoms with van der Waals surface area (Å²) in [5.74, 6) is -1.68. The molecule has 39 heavy (non-hydrogen) atoms. The van der Waals surface area contributed by atoms with Crippen molar-refractivity contribution in [3.8, 4) is 5.75 Å². The fraction of sp³-hybridized carbons (Fsp3) is 0.200. The van der Waals surface area contributed by atoms with Gasteiger partial charge < -0.3 is 9.47 Å². The number of aryl methyl sites for hydroxylation is 2. The molecule has 0 saturated carbocycles. The van der Waals surface area contributed by atoms with Gasteiger partial charge in [0.1, 0.15) is 11.3 Å². The Kier molecular flexibility index (Phi) is 8.16. The number of urea groups is 1. The van der Waals surface area contributed by atoms with Gasteiger partial charge in [-0.15, -0.1) is 0 Å². The van der Waals surface area contributed by atoms with E-state index in [0.29, 0.717) is 29.4 Å². The van der Waals surface area contributed by atoms with Crippen molar-refractivity contribution < 1.29 is 28.7 Å². The van der Waals surface area contributed by atoms with Gasteiger partial charge in [0.2, 0.25) is 0 Å². The number of barbiturate groups is 1. The van der Waals surface area contributed by atoms with Gasteiger partial charge in [0.25, 0.3) is 11.8 Å². The Bertz CT molecular complexity index is 1490. The lowest BCUT2D eigenvalue weighted by atomic mass is 9.98. The number of carbonyl (C=O) groups is 4. The van der Waals surface area contributed by atoms with E-state index in [4.69, 9.17) is 16.3 Å². The summed E-state index contributed by atoms with van der Waals surface area (Å²) in [5, 5.41) is 2.61. The van der Waals surface area contributed by atoms with Crippen molar-refractivity contribution in [2.24, 2.45) is 0 Å². The molecule has 0 atom stereocenters. The number of anilines is 1. The quantitative estimate of drug-likeness (QED) is 0.242. The Labute approximate surface area is 231 Å². The SMILES string of the molecule is CCOc1cc(/C=C2\C(=O)NC(=O)N(c3ccc(C(=O)OC)cc3)C2=O)cc(Cl)c1Cc1cc(C)cc(C)c1. The highest BCUT2D eigenvalue weighted by atomic mass is 35.5. The second-order valence-corrected chi connectivity index (χ2v) is 9.49. The summed E-state index contributed by atoms with van der Waals surface area (Å²) >= 11 is 6.69. The summed E-state index contributed by atoms with van der Waals surface area (Å²) in [4.78, 5) is 51.1. The van der Waals surface area contributed by atoms with Gasteiger partial charge in [0.15, 0.2) is 0 Å². The van der Waals surface area contributed by atoms with Gasteiger partial charge in [0.05, 0.1) is 25.0 Å². The van der Waals surface area contributed by atoms with Crippen molar-refractivity contribution in [3.05, 3.63) is 98.6 Å². The molecule has 0 aliphatic carbocycles. The molecule has 1 heterocycles. The maximum Gasteiger partial charge on any atom is 0.337 e. The molecule has 0 aromatic heterocycles. The fourth-order valence-corrected chi connectivity index (χ4v) is 4.75. The molecule has 4 amide bonds. The smallest absolute Gasteiger partial charge is 0.337 e. The van der Waals surface area contributed by atoms with Crippen LogP contribution in [0.2, 0.25) is 5.02 Å². The van der Waals surface area contributed by atoms with Crippen LogP contribution in [0.5, 0.6) is 5.75 Å². The Morgan fingerprint density at radius 2 is 1.67 bits per heavy atom. The second kappa shape index (κ2) is 11.5. The van der Waals surface area contributed by atoms with Crippen LogP contribution in [0.15, 0.2) is 60.2 Å². The molecule has 3 aromatic rings. The van der Waals surface area contributed by atoms with Crippen LogP contribution in [0.25, 0.3) is 6.08 Å². The summed E-state index contributed by atoms with van der Waals surface area (Å²) in [7, 11) is 1.25. The molecule has 1 fully saturated rings. The van der Waals surface area contributed by atoms with Crippen molar-refractivity contribution in [1.29, 1.82) is 0 Å². The van der Waals surface area contributed by atoms with Crippen LogP contribution in [0, 0.1) is 13.8 Å². The minimum atomic E-state index is -0.898. The van der Waals surface area contributed by atoms with Crippen molar-refractivity contribution in [1.82, 2.24) is 5.32 Å². The summed E-state index contributed by atoms with van der Waals surface area (Å²) in [6.07, 6.45) is 1.91. The van der Waals surface area contributed by atoms with E-state index in [1.807, 2.05) is 20.8 Å². The first-order chi connectivity index (χ1) is 18.6. The molecule has 3 aromatic carbocycles. The average molecular weight is 547 g/mol. The number of halogens is 1. The maximum absolute atomic E-state index is 13.3. The number of amides is 4. The van der Waals surface area contributed by atoms with E-state index in [2.05, 4.69) is 28.3 Å². The molecule has 1 aliphatic heterocycles. The van der Waals surface area contributed by atoms with Gasteiger partial charge in [-0.25, -0.2) is 14.5 Å². The molecule has 0 spiro atoms. The van der Waals surface area contributed by atoms with E-state index >= 15 is 0 Å². The normalized spacial score (nSPS) is 14.4. The van der Waals surface area contributed by atoms with Gasteiger partial charge in [0, 0.05) is 17.0 Å². The number of imide groups is 2. The van der Waals surface area contributed by atoms with E-state index in [1.54, 1.807) is 12.1 Å². The minimum absolute atomic E-state index is 0.181. The van der Waals surface area contributed by atoms with E-state index in [9.17, 15) is 19.2 Å². The molecule has 1 N–H and O–H groups in total. The number of rotatable bonds is 7. The first-order valence-electron chi connectivity index (χ1n) is 12.2. The molecule has 9 heteroatoms. The number of benzene rings is 3. The van der Waals surface area contributed by atoms with Gasteiger partial charge in [-0.3, -0.25) is 14.9 Å². The number of methoxy groups -OCH3 is 1. The second-order valence-electron chi connectivity index (χ2n) is 9.08. The van der Waals surface area contributed by atoms with E-state index in [0.717, 1.165) is 27.2 Å². The number of carbonyl (C=O) groups excluding carboxylic acids is 4. The van der Waals surface area contributed by atoms with Crippen LogP contribution in [-0.4, -0.2) is 37.5 Å². The van der Waals surface area contributed by atoms with Crippen LogP contribution in [-0.2, 0) is 20.7 Å². The fourth-order valence-electron chi connectivity index (χ4n) is 4.47. The number of esters is 1. The number of hydrogen-bond donors (Lipinski definition) is 1. The molecule has 1 saturated heterocycles. The first-order valence-corrected chi connectivity index (χ1v) is 12.6. The van der Waals surface area contributed by atoms with Crippen LogP contribution in [0.3, 0.4) is 0 Å². The third-order valence-corrected chi connectivity index (χ3v) is 6.44. The molecule has 0 unspecified atom stereocenters. The monoisotopic (exact) mass is 546 g/mol. The predicted octanol–water partition coefficient (Wildman–Crippen LogP) is 5.40. The number of ether oxygens (including phenoxy) is 2. The van der Waals surface area contributed by atoms with Gasteiger partial charge in [-0.1, -0.05) is 40.9 Å². The number of nitrogens with one attached hydrogen (secondary N) is 1. The van der Waals surface area contributed by atoms with Crippen molar-refractivity contribution >= 4 is 47.2 Å². The van der Waals surface area contributed by atoms with E-state index in [1.165, 1.54) is 37.5 Å². The summed E-state index contributed by atoms with van der Waals surface area (Å²) in [6, 6.07) is 14.4. The number of hydrogen-bond acceptors (Lipinski definition) is 6. The molecule has 4 rings (SSSR count). The highest BCUT2D eigenvalue weighted by Gasteiger charge is 2.37. The molecule has 8 nitrogen and oxygen atoms in total. The van der Waals surface area contributed by atoms with Crippen molar-refractivity contribution in [2.45, 2.75) is 27.2 Å². The maximum atomic E-state index is 13.3. The van der Waals surface area contributed by atoms with Crippen molar-refractivity contribution in [2.75, 3.05) is 18.6 Å². The molecule has 0 radical (unpaired) electrons. The third-order valence-electron chi connectivity index (χ3n) is 6.10. The molecule has 1 aliphatic rings. The largest absolute Gasteiger partial charge is 0.494 e. The van der Waals surface area contributed by atoms with Gasteiger partial charge in [-0.05, 0) is 74.4 Å². The summed E-state index contributed by atoms with van der Waals surface area (Å²) < 4.78 is 10.6. The zero-order valence-corrected chi connectivity index (χ0v) is 22.7. The molecule has 0 bridgehead atoms. The van der Waals surface area contributed by atoms with Gasteiger partial charge in [-0.2, -0.15) is 0 Å². The summed E-state index contributed by atoms with van der Waals surface area (Å²) in [6.45, 7) is 6.31. The van der Waals surface area contributed by atoms with Crippen LogP contribution in [0.4, 0.5) is 10.5 Å². The zero-order chi connectivity index (χ0) is 28.3. The van der Waals surface area contributed by atoms with Crippen LogP contribution in [0.1, 0.15) is 45.1 Å². The Morgan fingerprint density at radius 3 is 2.28 bits per heavy atom. The standard InChI is InChI=1S/C30H27ClN2O6/c1-5-39-26-16-20(15-25(31)23(26)13-19-11-17(2)10-18(3)12-19)14-24-27(34)32-30(37)33(28(24)35)22-8-6-21(7-9-22)29(36)38-4/h6-12,14-16H,5,13H2,1-4H3,(H,32,34,37)/b24-14+. The average Bonchev–Trinajstić information content (AvgIpc) is 2.88. The number of nitrogens with zero attached hydrogens (tertiary/aromatic N) is 1. The zero-order valence-electron chi connectivity index (χ0n) is 22.0. The first kappa shape index (κ1) is 27.6. The van der Waals surface area contributed by atoms with Crippen LogP contribution < -0.4 is 15.0 Å². The van der Waals surface area contributed by atoms with E-state index < -0.39 is 23.8 Å². The topological polar surface area (TPSA) is 102 Å². The molecule has 200 valence electrons. The van der Waals surface area contributed by atoms with Crippen LogP contribution >= 0.6 is 11.6 Å². The Morgan fingerprint density at radius 1 is 1.00 bits per heavy atom. The van der Waals surface area contributed by atoms with Gasteiger partial charge >= 0.3 is 12.0 Å². The highest BCUT2D eigenvalue weighted by molar-refractivity contribution is 6.39. The summed E-state index contributed by atoms with van der Waals surface area (Å²) in [5.41, 5.74) is 4.77. The lowest BCUT2D eigenvalue weighted by Crippen LogP contribution is -2.54. The Balaban J connectivity index is 1.69. The van der Waals surface area contributed by atoms with E-state index in [-0.39, 0.29) is 16.8 Å². The molecular formula is C30H27ClN2O6. The third kappa shape index (κ3) is 6.02. The highest BCUT2D eigenvalue weighted by Crippen LogP contribution is 2.33. The Hall–Kier alpha value is -4.43. The predicted molar refractivity (Wildman–Crippen MR) is 148 cm³/mol. The molecular weight excluding hydrogens is 520 g/mol. The van der Waals surface area contributed by atoms with Crippen molar-refractivity contribution in [3.63, 3.8) is 0 Å². The lowest BCUT2D eigenvalue weighted by molar-refractivity contribution is -0.122. The minimum Gasteiger partial charge on any atom is -0.494 e.